The molecule has 2 heterocycles. The molecule has 0 saturated carbocycles. The molecule has 28 heavy (non-hydrogen) atoms. The van der Waals surface area contributed by atoms with Crippen molar-refractivity contribution >= 4 is 41.0 Å². The second-order valence-corrected chi connectivity index (χ2v) is 7.44. The summed E-state index contributed by atoms with van der Waals surface area (Å²) in [6.45, 7) is 7.62. The lowest BCUT2D eigenvalue weighted by atomic mass is 10.0. The number of aryl methyl sites for hydroxylation is 1. The Balaban J connectivity index is 0.00000280. The molecule has 7 heteroatoms. The van der Waals surface area contributed by atoms with Gasteiger partial charge in [-0.1, -0.05) is 18.6 Å². The van der Waals surface area contributed by atoms with E-state index in [1.807, 2.05) is 19.4 Å². The van der Waals surface area contributed by atoms with E-state index in [9.17, 15) is 0 Å². The zero-order valence-corrected chi connectivity index (χ0v) is 19.6. The summed E-state index contributed by atoms with van der Waals surface area (Å²) in [5, 5.41) is 6.86. The summed E-state index contributed by atoms with van der Waals surface area (Å²) in [6.07, 6.45) is 8.22. The van der Waals surface area contributed by atoms with Crippen molar-refractivity contribution < 1.29 is 0 Å². The fourth-order valence-corrected chi connectivity index (χ4v) is 3.84. The highest BCUT2D eigenvalue weighted by molar-refractivity contribution is 14.0. The number of rotatable bonds is 8. The molecule has 1 unspecified atom stereocenters. The van der Waals surface area contributed by atoms with E-state index >= 15 is 0 Å². The molecule has 0 radical (unpaired) electrons. The lowest BCUT2D eigenvalue weighted by molar-refractivity contribution is 0.159. The van der Waals surface area contributed by atoms with Gasteiger partial charge in [0, 0.05) is 39.3 Å². The molecule has 1 saturated heterocycles. The number of likely N-dealkylation sites (tertiary alicyclic amines) is 1. The van der Waals surface area contributed by atoms with Gasteiger partial charge in [-0.25, -0.2) is 4.98 Å². The number of fused-ring (bicyclic) bond motifs is 1. The molecule has 156 valence electrons. The van der Waals surface area contributed by atoms with E-state index < -0.39 is 0 Å². The van der Waals surface area contributed by atoms with Crippen LogP contribution in [0.1, 0.15) is 39.0 Å². The third-order valence-corrected chi connectivity index (χ3v) is 5.47. The summed E-state index contributed by atoms with van der Waals surface area (Å²) in [6, 6.07) is 9.02. The average Bonchev–Trinajstić information content (AvgIpc) is 3.11. The lowest BCUT2D eigenvalue weighted by Gasteiger charge is -2.33. The molecule has 1 aromatic heterocycles. The molecular formula is C21H35IN6. The number of hydrogen-bond donors (Lipinski definition) is 2. The molecule has 6 nitrogen and oxygen atoms in total. The first kappa shape index (κ1) is 22.9. The molecule has 2 aromatic rings. The summed E-state index contributed by atoms with van der Waals surface area (Å²) in [4.78, 5) is 11.4. The smallest absolute Gasteiger partial charge is 0.190 e. The Morgan fingerprint density at radius 3 is 2.64 bits per heavy atom. The van der Waals surface area contributed by atoms with Crippen LogP contribution in [0.15, 0.2) is 35.6 Å². The van der Waals surface area contributed by atoms with Gasteiger partial charge in [-0.3, -0.25) is 4.99 Å². The SMILES string of the molecule is CN=C(NCCCN1CCCCC1C)NCCCn1cnc2ccccc21.I. The molecule has 0 amide bonds. The summed E-state index contributed by atoms with van der Waals surface area (Å²) in [5.41, 5.74) is 2.26. The van der Waals surface area contributed by atoms with Gasteiger partial charge in [0.2, 0.25) is 0 Å². The maximum absolute atomic E-state index is 4.44. The topological polar surface area (TPSA) is 57.5 Å². The molecule has 1 aromatic carbocycles. The first-order chi connectivity index (χ1) is 13.3. The Hall–Kier alpha value is -1.35. The van der Waals surface area contributed by atoms with Gasteiger partial charge < -0.3 is 20.1 Å². The van der Waals surface area contributed by atoms with Crippen molar-refractivity contribution in [3.05, 3.63) is 30.6 Å². The zero-order valence-electron chi connectivity index (χ0n) is 17.2. The van der Waals surface area contributed by atoms with Crippen LogP contribution in [-0.4, -0.2) is 59.7 Å². The van der Waals surface area contributed by atoms with Crippen LogP contribution >= 0.6 is 24.0 Å². The highest BCUT2D eigenvalue weighted by atomic mass is 127. The molecule has 3 rings (SSSR count). The van der Waals surface area contributed by atoms with Crippen LogP contribution in [0.3, 0.4) is 0 Å². The zero-order chi connectivity index (χ0) is 18.9. The maximum Gasteiger partial charge on any atom is 0.190 e. The molecule has 1 aliphatic heterocycles. The van der Waals surface area contributed by atoms with Gasteiger partial charge in [0.15, 0.2) is 5.96 Å². The van der Waals surface area contributed by atoms with Crippen molar-refractivity contribution in [1.29, 1.82) is 0 Å². The average molecular weight is 498 g/mol. The Morgan fingerprint density at radius 2 is 1.89 bits per heavy atom. The van der Waals surface area contributed by atoms with E-state index in [1.165, 1.54) is 37.9 Å². The number of halogens is 1. The Kier molecular flexibility index (Phi) is 10.0. The summed E-state index contributed by atoms with van der Waals surface area (Å²) in [5.74, 6) is 0.900. The Morgan fingerprint density at radius 1 is 1.14 bits per heavy atom. The first-order valence-corrected chi connectivity index (χ1v) is 10.4. The number of piperidine rings is 1. The van der Waals surface area contributed by atoms with Crippen molar-refractivity contribution in [2.24, 2.45) is 4.99 Å². The van der Waals surface area contributed by atoms with Gasteiger partial charge in [0.05, 0.1) is 17.4 Å². The van der Waals surface area contributed by atoms with Crippen LogP contribution in [0.4, 0.5) is 0 Å². The Bertz CT molecular complexity index is 729. The van der Waals surface area contributed by atoms with Crippen molar-refractivity contribution in [1.82, 2.24) is 25.1 Å². The third kappa shape index (κ3) is 6.62. The largest absolute Gasteiger partial charge is 0.356 e. The second kappa shape index (κ2) is 12.3. The molecule has 2 N–H and O–H groups in total. The highest BCUT2D eigenvalue weighted by Gasteiger charge is 2.17. The van der Waals surface area contributed by atoms with Crippen LogP contribution in [-0.2, 0) is 6.54 Å². The number of para-hydroxylation sites is 2. The minimum Gasteiger partial charge on any atom is -0.356 e. The fraction of sp³-hybridized carbons (Fsp3) is 0.619. The molecule has 0 spiro atoms. The normalized spacial score (nSPS) is 18.1. The van der Waals surface area contributed by atoms with Crippen LogP contribution in [0, 0.1) is 0 Å². The standard InChI is InChI=1S/C21H34N6.HI/c1-18-9-5-6-14-26(18)15-7-12-23-21(22-2)24-13-8-16-27-17-25-19-10-3-4-11-20(19)27;/h3-4,10-11,17-18H,5-9,12-16H2,1-2H3,(H2,22,23,24);1H. The van der Waals surface area contributed by atoms with Gasteiger partial charge in [-0.05, 0) is 51.3 Å². The van der Waals surface area contributed by atoms with E-state index in [4.69, 9.17) is 0 Å². The Labute approximate surface area is 186 Å². The number of nitrogens with zero attached hydrogens (tertiary/aromatic N) is 4. The molecule has 1 aliphatic rings. The third-order valence-electron chi connectivity index (χ3n) is 5.47. The quantitative estimate of drug-likeness (QED) is 0.253. The maximum atomic E-state index is 4.44. The number of hydrogen-bond acceptors (Lipinski definition) is 3. The van der Waals surface area contributed by atoms with Gasteiger partial charge in [-0.15, -0.1) is 24.0 Å². The molecule has 0 bridgehead atoms. The van der Waals surface area contributed by atoms with Gasteiger partial charge in [-0.2, -0.15) is 0 Å². The predicted molar refractivity (Wildman–Crippen MR) is 129 cm³/mol. The van der Waals surface area contributed by atoms with E-state index in [0.29, 0.717) is 0 Å². The van der Waals surface area contributed by atoms with E-state index in [2.05, 4.69) is 55.2 Å². The number of aliphatic imine (C=N–C) groups is 1. The minimum absolute atomic E-state index is 0. The molecule has 1 atom stereocenters. The molecule has 1 fully saturated rings. The highest BCUT2D eigenvalue weighted by Crippen LogP contribution is 2.16. The van der Waals surface area contributed by atoms with Gasteiger partial charge in [0.1, 0.15) is 0 Å². The second-order valence-electron chi connectivity index (χ2n) is 7.44. The van der Waals surface area contributed by atoms with Crippen LogP contribution in [0.2, 0.25) is 0 Å². The van der Waals surface area contributed by atoms with Crippen LogP contribution in [0.25, 0.3) is 11.0 Å². The van der Waals surface area contributed by atoms with Gasteiger partial charge in [0.25, 0.3) is 0 Å². The van der Waals surface area contributed by atoms with Crippen LogP contribution in [0.5, 0.6) is 0 Å². The number of imidazole rings is 1. The van der Waals surface area contributed by atoms with E-state index in [0.717, 1.165) is 50.0 Å². The molecular weight excluding hydrogens is 463 g/mol. The summed E-state index contributed by atoms with van der Waals surface area (Å²) < 4.78 is 2.22. The van der Waals surface area contributed by atoms with Crippen molar-refractivity contribution in [3.8, 4) is 0 Å². The van der Waals surface area contributed by atoms with Crippen molar-refractivity contribution in [2.75, 3.05) is 33.2 Å². The lowest BCUT2D eigenvalue weighted by Crippen LogP contribution is -2.41. The summed E-state index contributed by atoms with van der Waals surface area (Å²) >= 11 is 0. The van der Waals surface area contributed by atoms with Gasteiger partial charge >= 0.3 is 0 Å². The fourth-order valence-electron chi connectivity index (χ4n) is 3.84. The number of nitrogens with one attached hydrogen (secondary N) is 2. The number of aromatic nitrogens is 2. The van der Waals surface area contributed by atoms with E-state index in [1.54, 1.807) is 0 Å². The minimum atomic E-state index is 0. The molecule has 0 aliphatic carbocycles. The monoisotopic (exact) mass is 498 g/mol. The van der Waals surface area contributed by atoms with Crippen LogP contribution < -0.4 is 10.6 Å². The van der Waals surface area contributed by atoms with E-state index in [-0.39, 0.29) is 24.0 Å². The predicted octanol–water partition coefficient (Wildman–Crippen LogP) is 3.47. The van der Waals surface area contributed by atoms with Crippen molar-refractivity contribution in [2.45, 2.75) is 51.6 Å². The number of benzene rings is 1. The number of guanidine groups is 1. The summed E-state index contributed by atoms with van der Waals surface area (Å²) in [7, 11) is 1.84. The first-order valence-electron chi connectivity index (χ1n) is 10.4. The van der Waals surface area contributed by atoms with Crippen molar-refractivity contribution in [3.63, 3.8) is 0 Å².